The lowest BCUT2D eigenvalue weighted by atomic mass is 10.1. The maximum atomic E-state index is 11.7. The van der Waals surface area contributed by atoms with E-state index in [4.69, 9.17) is 15.2 Å². The van der Waals surface area contributed by atoms with Crippen LogP contribution in [0.15, 0.2) is 42.5 Å². The lowest BCUT2D eigenvalue weighted by Gasteiger charge is -2.23. The van der Waals surface area contributed by atoms with Crippen LogP contribution in [0.1, 0.15) is 13.8 Å². The van der Waals surface area contributed by atoms with Gasteiger partial charge in [-0.3, -0.25) is 0 Å². The number of hydrogen-bond acceptors (Lipinski definition) is 5. The summed E-state index contributed by atoms with van der Waals surface area (Å²) in [6, 6.07) is 12.8. The monoisotopic (exact) mass is 286 g/mol. The number of ether oxygens (including phenoxy) is 2. The fourth-order valence-electron chi connectivity index (χ4n) is 1.91. The lowest BCUT2D eigenvalue weighted by Crippen LogP contribution is -2.39. The Hall–Kier alpha value is -2.56. The quantitative estimate of drug-likeness (QED) is 0.875. The van der Waals surface area contributed by atoms with E-state index in [1.807, 2.05) is 30.3 Å². The highest BCUT2D eigenvalue weighted by molar-refractivity contribution is 5.79. The van der Waals surface area contributed by atoms with Crippen LogP contribution in [0.4, 0.5) is 5.82 Å². The zero-order chi connectivity index (χ0) is 15.5. The number of nitrogen functional groups attached to an aromatic ring is 1. The van der Waals surface area contributed by atoms with E-state index in [0.29, 0.717) is 11.6 Å². The average Bonchev–Trinajstić information content (AvgIpc) is 2.46. The number of pyridine rings is 1. The number of nitrogens with two attached hydrogens (primary N) is 1. The van der Waals surface area contributed by atoms with Crippen molar-refractivity contribution >= 4 is 11.8 Å². The molecule has 1 aromatic carbocycles. The van der Waals surface area contributed by atoms with Crippen molar-refractivity contribution < 1.29 is 14.3 Å². The van der Waals surface area contributed by atoms with Crippen molar-refractivity contribution in [3.8, 4) is 17.0 Å². The second-order valence-corrected chi connectivity index (χ2v) is 5.08. The van der Waals surface area contributed by atoms with Gasteiger partial charge in [-0.05, 0) is 38.1 Å². The number of anilines is 1. The number of benzene rings is 1. The van der Waals surface area contributed by atoms with Crippen LogP contribution < -0.4 is 10.5 Å². The highest BCUT2D eigenvalue weighted by atomic mass is 16.6. The number of methoxy groups -OCH3 is 1. The summed E-state index contributed by atoms with van der Waals surface area (Å²) in [7, 11) is 1.33. The van der Waals surface area contributed by atoms with Crippen LogP contribution >= 0.6 is 0 Å². The van der Waals surface area contributed by atoms with Crippen molar-refractivity contribution in [1.29, 1.82) is 0 Å². The van der Waals surface area contributed by atoms with Crippen molar-refractivity contribution in [1.82, 2.24) is 4.98 Å². The highest BCUT2D eigenvalue weighted by Crippen LogP contribution is 2.26. The van der Waals surface area contributed by atoms with Gasteiger partial charge in [-0.25, -0.2) is 9.78 Å². The maximum Gasteiger partial charge on any atom is 0.349 e. The summed E-state index contributed by atoms with van der Waals surface area (Å²) in [5.74, 6) is 0.579. The minimum absolute atomic E-state index is 0.435. The average molecular weight is 286 g/mol. The smallest absolute Gasteiger partial charge is 0.349 e. The van der Waals surface area contributed by atoms with Crippen molar-refractivity contribution in [2.45, 2.75) is 19.4 Å². The van der Waals surface area contributed by atoms with E-state index in [0.717, 1.165) is 11.3 Å². The van der Waals surface area contributed by atoms with Crippen LogP contribution in [0.3, 0.4) is 0 Å². The molecule has 2 aromatic rings. The second-order valence-electron chi connectivity index (χ2n) is 5.08. The van der Waals surface area contributed by atoms with Gasteiger partial charge in [0.2, 0.25) is 0 Å². The fourth-order valence-corrected chi connectivity index (χ4v) is 1.91. The lowest BCUT2D eigenvalue weighted by molar-refractivity contribution is -0.156. The van der Waals surface area contributed by atoms with Gasteiger partial charge >= 0.3 is 5.97 Å². The molecule has 0 unspecified atom stereocenters. The van der Waals surface area contributed by atoms with E-state index in [1.54, 1.807) is 26.0 Å². The van der Waals surface area contributed by atoms with Gasteiger partial charge in [0.25, 0.3) is 0 Å². The predicted molar refractivity (Wildman–Crippen MR) is 80.8 cm³/mol. The van der Waals surface area contributed by atoms with Crippen LogP contribution in [0, 0.1) is 0 Å². The van der Waals surface area contributed by atoms with E-state index >= 15 is 0 Å². The normalized spacial score (nSPS) is 11.0. The van der Waals surface area contributed by atoms with Gasteiger partial charge in [-0.1, -0.05) is 18.2 Å². The van der Waals surface area contributed by atoms with E-state index < -0.39 is 11.6 Å². The summed E-state index contributed by atoms with van der Waals surface area (Å²) < 4.78 is 10.4. The van der Waals surface area contributed by atoms with E-state index in [1.165, 1.54) is 7.11 Å². The molecule has 2 rings (SSSR count). The number of carbonyl (C=O) groups is 1. The molecule has 110 valence electrons. The number of rotatable bonds is 4. The van der Waals surface area contributed by atoms with Crippen LogP contribution in [0.5, 0.6) is 5.75 Å². The van der Waals surface area contributed by atoms with Gasteiger partial charge in [0.15, 0.2) is 5.60 Å². The van der Waals surface area contributed by atoms with Gasteiger partial charge in [-0.2, -0.15) is 0 Å². The molecule has 0 saturated heterocycles. The molecule has 0 aliphatic carbocycles. The van der Waals surface area contributed by atoms with Gasteiger partial charge in [0.05, 0.1) is 12.8 Å². The summed E-state index contributed by atoms with van der Waals surface area (Å²) in [4.78, 5) is 15.9. The first kappa shape index (κ1) is 14.8. The summed E-state index contributed by atoms with van der Waals surface area (Å²) >= 11 is 0. The van der Waals surface area contributed by atoms with Crippen LogP contribution in [0.2, 0.25) is 0 Å². The van der Waals surface area contributed by atoms with Crippen molar-refractivity contribution in [3.05, 3.63) is 42.5 Å². The molecule has 1 heterocycles. The Morgan fingerprint density at radius 3 is 2.57 bits per heavy atom. The number of carbonyl (C=O) groups excluding carboxylic acids is 1. The Kier molecular flexibility index (Phi) is 4.12. The Bertz CT molecular complexity index is 653. The number of hydrogen-bond donors (Lipinski definition) is 1. The third kappa shape index (κ3) is 3.51. The Morgan fingerprint density at radius 2 is 1.90 bits per heavy atom. The Morgan fingerprint density at radius 1 is 1.19 bits per heavy atom. The van der Waals surface area contributed by atoms with E-state index in [-0.39, 0.29) is 0 Å². The molecule has 5 nitrogen and oxygen atoms in total. The van der Waals surface area contributed by atoms with Gasteiger partial charge in [0, 0.05) is 5.56 Å². The standard InChI is InChI=1S/C16H18N2O3/c1-16(2,15(19)20-3)21-12-7-4-6-11(10-12)13-8-5-9-14(17)18-13/h4-10H,1-3H3,(H2,17,18). The molecule has 1 aromatic heterocycles. The Balaban J connectivity index is 2.28. The van der Waals surface area contributed by atoms with Gasteiger partial charge < -0.3 is 15.2 Å². The molecule has 0 spiro atoms. The van der Waals surface area contributed by atoms with Crippen molar-refractivity contribution in [3.63, 3.8) is 0 Å². The highest BCUT2D eigenvalue weighted by Gasteiger charge is 2.31. The molecular formula is C16H18N2O3. The molecule has 0 aliphatic rings. The number of esters is 1. The van der Waals surface area contributed by atoms with E-state index in [2.05, 4.69) is 4.98 Å². The van der Waals surface area contributed by atoms with Crippen molar-refractivity contribution in [2.24, 2.45) is 0 Å². The number of aromatic nitrogens is 1. The largest absolute Gasteiger partial charge is 0.476 e. The van der Waals surface area contributed by atoms with Gasteiger partial charge in [-0.15, -0.1) is 0 Å². The summed E-state index contributed by atoms with van der Waals surface area (Å²) in [6.45, 7) is 3.31. The molecule has 2 N–H and O–H groups in total. The SMILES string of the molecule is COC(=O)C(C)(C)Oc1cccc(-c2cccc(N)n2)c1. The zero-order valence-electron chi connectivity index (χ0n) is 12.3. The number of nitrogens with zero attached hydrogens (tertiary/aromatic N) is 1. The van der Waals surface area contributed by atoms with Crippen LogP contribution in [0.25, 0.3) is 11.3 Å². The first-order chi connectivity index (χ1) is 9.92. The summed E-state index contributed by atoms with van der Waals surface area (Å²) in [5.41, 5.74) is 6.24. The molecule has 21 heavy (non-hydrogen) atoms. The second kappa shape index (κ2) is 5.83. The molecule has 5 heteroatoms. The molecule has 0 amide bonds. The molecular weight excluding hydrogens is 268 g/mol. The first-order valence-corrected chi connectivity index (χ1v) is 6.53. The minimum atomic E-state index is -1.06. The third-order valence-corrected chi connectivity index (χ3v) is 2.95. The molecule has 0 bridgehead atoms. The van der Waals surface area contributed by atoms with Crippen LogP contribution in [-0.2, 0) is 9.53 Å². The first-order valence-electron chi connectivity index (χ1n) is 6.53. The summed E-state index contributed by atoms with van der Waals surface area (Å²) in [5, 5.41) is 0. The van der Waals surface area contributed by atoms with Crippen molar-refractivity contribution in [2.75, 3.05) is 12.8 Å². The molecule has 0 aliphatic heterocycles. The molecule has 0 fully saturated rings. The summed E-state index contributed by atoms with van der Waals surface area (Å²) in [6.07, 6.45) is 0. The Labute approximate surface area is 123 Å². The topological polar surface area (TPSA) is 74.4 Å². The maximum absolute atomic E-state index is 11.7. The fraction of sp³-hybridized carbons (Fsp3) is 0.250. The zero-order valence-corrected chi connectivity index (χ0v) is 12.3. The van der Waals surface area contributed by atoms with Gasteiger partial charge in [0.1, 0.15) is 11.6 Å². The molecule has 0 saturated carbocycles. The molecule has 0 radical (unpaired) electrons. The van der Waals surface area contributed by atoms with Crippen LogP contribution in [-0.4, -0.2) is 23.7 Å². The third-order valence-electron chi connectivity index (χ3n) is 2.95. The van der Waals surface area contributed by atoms with E-state index in [9.17, 15) is 4.79 Å². The predicted octanol–water partition coefficient (Wildman–Crippen LogP) is 2.66. The molecule has 0 atom stereocenters. The minimum Gasteiger partial charge on any atom is -0.476 e.